The van der Waals surface area contributed by atoms with E-state index in [2.05, 4.69) is 30.2 Å². The topological polar surface area (TPSA) is 94.8 Å². The molecule has 0 spiro atoms. The fourth-order valence-corrected chi connectivity index (χ4v) is 1.27. The van der Waals surface area contributed by atoms with Crippen LogP contribution in [0.2, 0.25) is 0 Å². The normalized spacial score (nSPS) is 10.1. The molecule has 8 heteroatoms. The van der Waals surface area contributed by atoms with Crippen LogP contribution in [-0.4, -0.2) is 37.8 Å². The van der Waals surface area contributed by atoms with Crippen molar-refractivity contribution < 1.29 is 9.53 Å². The van der Waals surface area contributed by atoms with Crippen molar-refractivity contribution in [2.75, 3.05) is 12.4 Å². The van der Waals surface area contributed by atoms with E-state index in [9.17, 15) is 4.79 Å². The summed E-state index contributed by atoms with van der Waals surface area (Å²) < 4.78 is 6.32. The van der Waals surface area contributed by atoms with Crippen LogP contribution in [0.4, 0.5) is 5.82 Å². The van der Waals surface area contributed by atoms with Gasteiger partial charge >= 0.3 is 5.97 Å². The molecule has 1 N–H and O–H groups in total. The summed E-state index contributed by atoms with van der Waals surface area (Å²) in [5, 5.41) is 10.7. The molecule has 2 aromatic rings. The smallest absolute Gasteiger partial charge is 0.358 e. The van der Waals surface area contributed by atoms with Crippen molar-refractivity contribution in [1.82, 2.24) is 24.7 Å². The lowest BCUT2D eigenvalue weighted by Crippen LogP contribution is -2.09. The van der Waals surface area contributed by atoms with E-state index in [-0.39, 0.29) is 5.69 Å². The molecule has 0 amide bonds. The Labute approximate surface area is 103 Å². The Bertz CT molecular complexity index is 536. The fraction of sp³-hybridized carbons (Fsp3) is 0.300. The fourth-order valence-electron chi connectivity index (χ4n) is 1.27. The van der Waals surface area contributed by atoms with E-state index < -0.39 is 5.97 Å². The highest BCUT2D eigenvalue weighted by Crippen LogP contribution is 2.04. The number of aryl methyl sites for hydroxylation is 1. The van der Waals surface area contributed by atoms with Crippen LogP contribution in [0.3, 0.4) is 0 Å². The van der Waals surface area contributed by atoms with E-state index in [0.717, 1.165) is 5.82 Å². The molecule has 0 bridgehead atoms. The highest BCUT2D eigenvalue weighted by Gasteiger charge is 2.07. The second-order valence-corrected chi connectivity index (χ2v) is 3.49. The van der Waals surface area contributed by atoms with Crippen LogP contribution in [0.15, 0.2) is 18.7 Å². The highest BCUT2D eigenvalue weighted by atomic mass is 16.5. The molecule has 0 fully saturated rings. The van der Waals surface area contributed by atoms with Gasteiger partial charge in [-0.25, -0.2) is 14.8 Å². The average molecular weight is 248 g/mol. The number of hydrogen-bond donors (Lipinski definition) is 1. The molecule has 0 saturated carbocycles. The Hall–Kier alpha value is -2.51. The van der Waals surface area contributed by atoms with Gasteiger partial charge in [-0.05, 0) is 0 Å². The molecule has 0 atom stereocenters. The minimum atomic E-state index is -0.512. The number of hydrogen-bond acceptors (Lipinski definition) is 7. The van der Waals surface area contributed by atoms with Crippen LogP contribution in [0, 0.1) is 0 Å². The van der Waals surface area contributed by atoms with Crippen LogP contribution in [0.1, 0.15) is 16.3 Å². The lowest BCUT2D eigenvalue weighted by Gasteiger charge is -2.04. The highest BCUT2D eigenvalue weighted by molar-refractivity contribution is 5.86. The lowest BCUT2D eigenvalue weighted by atomic mass is 10.4. The minimum Gasteiger partial charge on any atom is -0.464 e. The Morgan fingerprint density at radius 1 is 1.44 bits per heavy atom. The molecule has 0 radical (unpaired) electrons. The Morgan fingerprint density at radius 2 is 2.28 bits per heavy atom. The van der Waals surface area contributed by atoms with Gasteiger partial charge in [-0.1, -0.05) is 0 Å². The van der Waals surface area contributed by atoms with E-state index in [0.29, 0.717) is 12.4 Å². The molecule has 0 unspecified atom stereocenters. The van der Waals surface area contributed by atoms with Crippen molar-refractivity contribution in [2.45, 2.75) is 6.54 Å². The summed E-state index contributed by atoms with van der Waals surface area (Å²) in [5.41, 5.74) is 0.168. The first-order valence-electron chi connectivity index (χ1n) is 5.18. The number of methoxy groups -OCH3 is 1. The van der Waals surface area contributed by atoms with Gasteiger partial charge in [0.05, 0.1) is 26.0 Å². The minimum absolute atomic E-state index is 0.168. The summed E-state index contributed by atoms with van der Waals surface area (Å²) in [5.74, 6) is 0.807. The van der Waals surface area contributed by atoms with Crippen LogP contribution in [0.5, 0.6) is 0 Å². The number of nitrogens with zero attached hydrogens (tertiary/aromatic N) is 5. The van der Waals surface area contributed by atoms with Crippen molar-refractivity contribution in [3.63, 3.8) is 0 Å². The summed E-state index contributed by atoms with van der Waals surface area (Å²) in [4.78, 5) is 19.1. The van der Waals surface area contributed by atoms with Crippen LogP contribution >= 0.6 is 0 Å². The van der Waals surface area contributed by atoms with E-state index in [1.807, 2.05) is 7.05 Å². The molecule has 0 aromatic carbocycles. The predicted octanol–water partition coefficient (Wildman–Crippen LogP) is 0.00380. The third-order valence-corrected chi connectivity index (χ3v) is 2.28. The number of rotatable bonds is 4. The average Bonchev–Trinajstić information content (AvgIpc) is 2.81. The van der Waals surface area contributed by atoms with Gasteiger partial charge in [0, 0.05) is 7.05 Å². The van der Waals surface area contributed by atoms with Gasteiger partial charge in [0.15, 0.2) is 11.5 Å². The predicted molar refractivity (Wildman–Crippen MR) is 61.7 cm³/mol. The maximum Gasteiger partial charge on any atom is 0.358 e. The van der Waals surface area contributed by atoms with E-state index in [1.165, 1.54) is 19.5 Å². The maximum absolute atomic E-state index is 11.1. The van der Waals surface area contributed by atoms with E-state index >= 15 is 0 Å². The van der Waals surface area contributed by atoms with Crippen molar-refractivity contribution in [1.29, 1.82) is 0 Å². The molecular formula is C10H12N6O2. The van der Waals surface area contributed by atoms with Crippen molar-refractivity contribution in [2.24, 2.45) is 7.05 Å². The molecule has 94 valence electrons. The zero-order chi connectivity index (χ0) is 13.0. The lowest BCUT2D eigenvalue weighted by molar-refractivity contribution is 0.0593. The largest absolute Gasteiger partial charge is 0.464 e. The van der Waals surface area contributed by atoms with Gasteiger partial charge in [0.1, 0.15) is 12.1 Å². The van der Waals surface area contributed by atoms with E-state index in [1.54, 1.807) is 10.9 Å². The van der Waals surface area contributed by atoms with Gasteiger partial charge in [-0.2, -0.15) is 0 Å². The number of anilines is 1. The maximum atomic E-state index is 11.1. The molecular weight excluding hydrogens is 236 g/mol. The van der Waals surface area contributed by atoms with Gasteiger partial charge in [-0.3, -0.25) is 0 Å². The Balaban J connectivity index is 1.98. The number of esters is 1. The van der Waals surface area contributed by atoms with Crippen LogP contribution in [0.25, 0.3) is 0 Å². The molecule has 8 nitrogen and oxygen atoms in total. The number of nitrogens with one attached hydrogen (secondary N) is 1. The number of aromatic nitrogens is 5. The van der Waals surface area contributed by atoms with E-state index in [4.69, 9.17) is 0 Å². The standard InChI is InChI=1S/C10H12N6O2/c1-16-6-14-15-9(16)5-13-8-4-11-7(3-12-8)10(17)18-2/h3-4,6H,5H2,1-2H3,(H,12,13). The number of carbonyl (C=O) groups excluding carboxylic acids is 1. The summed E-state index contributed by atoms with van der Waals surface area (Å²) in [6.07, 6.45) is 4.43. The van der Waals surface area contributed by atoms with Gasteiger partial charge < -0.3 is 14.6 Å². The molecule has 2 aromatic heterocycles. The molecule has 0 saturated heterocycles. The third-order valence-electron chi connectivity index (χ3n) is 2.28. The first kappa shape index (κ1) is 12.0. The van der Waals surface area contributed by atoms with Crippen molar-refractivity contribution >= 4 is 11.8 Å². The van der Waals surface area contributed by atoms with Gasteiger partial charge in [0.2, 0.25) is 0 Å². The second-order valence-electron chi connectivity index (χ2n) is 3.49. The second kappa shape index (κ2) is 5.21. The number of ether oxygens (including phenoxy) is 1. The number of carbonyl (C=O) groups is 1. The zero-order valence-electron chi connectivity index (χ0n) is 9.99. The summed E-state index contributed by atoms with van der Waals surface area (Å²) >= 11 is 0. The van der Waals surface area contributed by atoms with Gasteiger partial charge in [0.25, 0.3) is 0 Å². The first-order valence-corrected chi connectivity index (χ1v) is 5.18. The molecule has 0 aliphatic carbocycles. The zero-order valence-corrected chi connectivity index (χ0v) is 9.99. The molecule has 2 heterocycles. The summed E-state index contributed by atoms with van der Waals surface area (Å²) in [7, 11) is 3.15. The molecule has 0 aliphatic heterocycles. The van der Waals surface area contributed by atoms with Crippen LogP contribution < -0.4 is 5.32 Å². The molecule has 0 aliphatic rings. The monoisotopic (exact) mass is 248 g/mol. The molecule has 18 heavy (non-hydrogen) atoms. The summed E-state index contributed by atoms with van der Waals surface area (Å²) in [6.45, 7) is 0.475. The third kappa shape index (κ3) is 2.59. The Kier molecular flexibility index (Phi) is 3.46. The first-order chi connectivity index (χ1) is 8.70. The Morgan fingerprint density at radius 3 is 2.83 bits per heavy atom. The van der Waals surface area contributed by atoms with Crippen LogP contribution in [-0.2, 0) is 18.3 Å². The quantitative estimate of drug-likeness (QED) is 0.761. The SMILES string of the molecule is COC(=O)c1cnc(NCc2nncn2C)cn1. The molecule has 2 rings (SSSR count). The summed E-state index contributed by atoms with van der Waals surface area (Å²) in [6, 6.07) is 0. The van der Waals surface area contributed by atoms with Gasteiger partial charge in [-0.15, -0.1) is 10.2 Å². The van der Waals surface area contributed by atoms with Crippen molar-refractivity contribution in [3.8, 4) is 0 Å². The van der Waals surface area contributed by atoms with Crippen molar-refractivity contribution in [3.05, 3.63) is 30.2 Å².